The van der Waals surface area contributed by atoms with Crippen molar-refractivity contribution in [2.24, 2.45) is 0 Å². The second kappa shape index (κ2) is 4.91. The molecule has 5 heteroatoms. The summed E-state index contributed by atoms with van der Waals surface area (Å²) in [7, 11) is 1.18. The number of esters is 1. The number of aromatic nitrogens is 2. The van der Waals surface area contributed by atoms with Gasteiger partial charge in [0.05, 0.1) is 7.11 Å². The Morgan fingerprint density at radius 1 is 1.33 bits per heavy atom. The highest BCUT2D eigenvalue weighted by atomic mass is 19.1. The van der Waals surface area contributed by atoms with Crippen molar-refractivity contribution in [1.29, 1.82) is 0 Å². The molecule has 4 nitrogen and oxygen atoms in total. The zero-order chi connectivity index (χ0) is 13.1. The van der Waals surface area contributed by atoms with E-state index in [0.717, 1.165) is 11.9 Å². The van der Waals surface area contributed by atoms with Crippen LogP contribution in [0.1, 0.15) is 16.1 Å². The Kier molecular flexibility index (Phi) is 3.32. The van der Waals surface area contributed by atoms with E-state index < -0.39 is 11.8 Å². The third-order valence-electron chi connectivity index (χ3n) is 2.46. The summed E-state index contributed by atoms with van der Waals surface area (Å²) < 4.78 is 18.6. The summed E-state index contributed by atoms with van der Waals surface area (Å²) in [6, 6.07) is 7.19. The van der Waals surface area contributed by atoms with Crippen molar-refractivity contribution in [1.82, 2.24) is 9.97 Å². The number of nitrogens with zero attached hydrogens (tertiary/aromatic N) is 2. The molecule has 1 aromatic heterocycles. The molecule has 0 bridgehead atoms. The largest absolute Gasteiger partial charge is 0.464 e. The lowest BCUT2D eigenvalue weighted by atomic mass is 10.1. The van der Waals surface area contributed by atoms with E-state index in [1.807, 2.05) is 13.0 Å². The van der Waals surface area contributed by atoms with Gasteiger partial charge in [-0.2, -0.15) is 0 Å². The third-order valence-corrected chi connectivity index (χ3v) is 2.46. The Morgan fingerprint density at radius 3 is 2.78 bits per heavy atom. The van der Waals surface area contributed by atoms with E-state index in [4.69, 9.17) is 0 Å². The first-order valence-electron chi connectivity index (χ1n) is 5.29. The molecule has 0 atom stereocenters. The van der Waals surface area contributed by atoms with Crippen molar-refractivity contribution < 1.29 is 13.9 Å². The molecule has 1 heterocycles. The quantitative estimate of drug-likeness (QED) is 0.763. The average molecular weight is 246 g/mol. The first-order chi connectivity index (χ1) is 8.63. The van der Waals surface area contributed by atoms with Crippen LogP contribution in [0.15, 0.2) is 30.6 Å². The fraction of sp³-hybridized carbons (Fsp3) is 0.154. The van der Waals surface area contributed by atoms with E-state index in [1.54, 1.807) is 18.2 Å². The molecular weight excluding hydrogens is 235 g/mol. The molecule has 0 aliphatic rings. The Balaban J connectivity index is 2.56. The molecule has 2 aromatic rings. The predicted octanol–water partition coefficient (Wildman–Crippen LogP) is 2.38. The van der Waals surface area contributed by atoms with Gasteiger partial charge in [-0.3, -0.25) is 0 Å². The molecule has 0 radical (unpaired) electrons. The van der Waals surface area contributed by atoms with E-state index >= 15 is 0 Å². The maximum Gasteiger partial charge on any atom is 0.359 e. The maximum absolute atomic E-state index is 14.1. The molecule has 0 aliphatic carbocycles. The molecule has 1 aromatic carbocycles. The molecule has 0 amide bonds. The van der Waals surface area contributed by atoms with E-state index in [0.29, 0.717) is 5.56 Å². The molecule has 18 heavy (non-hydrogen) atoms. The van der Waals surface area contributed by atoms with Crippen LogP contribution < -0.4 is 0 Å². The van der Waals surface area contributed by atoms with Crippen LogP contribution in [0.25, 0.3) is 11.3 Å². The van der Waals surface area contributed by atoms with Gasteiger partial charge in [-0.1, -0.05) is 23.8 Å². The average Bonchev–Trinajstić information content (AvgIpc) is 2.38. The maximum atomic E-state index is 14.1. The summed E-state index contributed by atoms with van der Waals surface area (Å²) in [4.78, 5) is 18.8. The van der Waals surface area contributed by atoms with E-state index in [9.17, 15) is 9.18 Å². The van der Waals surface area contributed by atoms with Gasteiger partial charge in [-0.15, -0.1) is 0 Å². The van der Waals surface area contributed by atoms with Crippen LogP contribution in [0.4, 0.5) is 4.39 Å². The molecule has 0 saturated carbocycles. The fourth-order valence-corrected chi connectivity index (χ4v) is 1.60. The molecule has 0 aliphatic heterocycles. The zero-order valence-corrected chi connectivity index (χ0v) is 9.98. The van der Waals surface area contributed by atoms with Crippen LogP contribution in [0, 0.1) is 12.7 Å². The second-order valence-corrected chi connectivity index (χ2v) is 3.75. The van der Waals surface area contributed by atoms with Gasteiger partial charge in [0.2, 0.25) is 0 Å². The van der Waals surface area contributed by atoms with Crippen molar-refractivity contribution in [2.75, 3.05) is 7.11 Å². The first-order valence-corrected chi connectivity index (χ1v) is 5.29. The standard InChI is InChI=1S/C13H11FN2O2/c1-8-4-3-5-9(6-8)11-10(14)12(13(17)18-2)16-7-15-11/h3-7H,1-2H3. The van der Waals surface area contributed by atoms with Gasteiger partial charge >= 0.3 is 5.97 Å². The molecule has 2 rings (SSSR count). The van der Waals surface area contributed by atoms with Crippen molar-refractivity contribution in [3.63, 3.8) is 0 Å². The SMILES string of the molecule is COC(=O)c1ncnc(-c2cccc(C)c2)c1F. The highest BCUT2D eigenvalue weighted by Crippen LogP contribution is 2.22. The van der Waals surface area contributed by atoms with Crippen LogP contribution in [0.2, 0.25) is 0 Å². The number of carbonyl (C=O) groups is 1. The van der Waals surface area contributed by atoms with Gasteiger partial charge in [0, 0.05) is 5.56 Å². The number of benzene rings is 1. The van der Waals surface area contributed by atoms with Crippen molar-refractivity contribution >= 4 is 5.97 Å². The van der Waals surface area contributed by atoms with Gasteiger partial charge in [0.15, 0.2) is 11.5 Å². The monoisotopic (exact) mass is 246 g/mol. The summed E-state index contributed by atoms with van der Waals surface area (Å²) >= 11 is 0. The lowest BCUT2D eigenvalue weighted by Crippen LogP contribution is -2.09. The van der Waals surface area contributed by atoms with E-state index in [1.165, 1.54) is 7.11 Å². The predicted molar refractivity (Wildman–Crippen MR) is 63.5 cm³/mol. The number of methoxy groups -OCH3 is 1. The smallest absolute Gasteiger partial charge is 0.359 e. The fourth-order valence-electron chi connectivity index (χ4n) is 1.60. The number of hydrogen-bond donors (Lipinski definition) is 0. The van der Waals surface area contributed by atoms with Crippen LogP contribution in [0.3, 0.4) is 0 Å². The first kappa shape index (κ1) is 12.2. The molecular formula is C13H11FN2O2. The van der Waals surface area contributed by atoms with Crippen molar-refractivity contribution in [2.45, 2.75) is 6.92 Å². The van der Waals surface area contributed by atoms with Gasteiger partial charge < -0.3 is 4.74 Å². The highest BCUT2D eigenvalue weighted by molar-refractivity contribution is 5.88. The number of halogens is 1. The van der Waals surface area contributed by atoms with E-state index in [-0.39, 0.29) is 11.4 Å². The summed E-state index contributed by atoms with van der Waals surface area (Å²) in [6.45, 7) is 1.89. The van der Waals surface area contributed by atoms with Crippen LogP contribution in [0.5, 0.6) is 0 Å². The molecule has 0 saturated heterocycles. The normalized spacial score (nSPS) is 10.2. The minimum absolute atomic E-state index is 0.0918. The van der Waals surface area contributed by atoms with Crippen LogP contribution >= 0.6 is 0 Å². The van der Waals surface area contributed by atoms with Crippen LogP contribution in [-0.2, 0) is 4.74 Å². The topological polar surface area (TPSA) is 52.1 Å². The van der Waals surface area contributed by atoms with Crippen molar-refractivity contribution in [3.8, 4) is 11.3 Å². The summed E-state index contributed by atoms with van der Waals surface area (Å²) in [5, 5.41) is 0. The van der Waals surface area contributed by atoms with Crippen molar-refractivity contribution in [3.05, 3.63) is 47.7 Å². The minimum atomic E-state index is -0.816. The summed E-state index contributed by atoms with van der Waals surface area (Å²) in [6.07, 6.45) is 1.15. The van der Waals surface area contributed by atoms with Crippen LogP contribution in [-0.4, -0.2) is 23.0 Å². The molecule has 0 N–H and O–H groups in total. The molecule has 92 valence electrons. The number of hydrogen-bond acceptors (Lipinski definition) is 4. The van der Waals surface area contributed by atoms with E-state index in [2.05, 4.69) is 14.7 Å². The molecule has 0 spiro atoms. The van der Waals surface area contributed by atoms with Gasteiger partial charge in [0.25, 0.3) is 0 Å². The highest BCUT2D eigenvalue weighted by Gasteiger charge is 2.19. The van der Waals surface area contributed by atoms with Gasteiger partial charge in [-0.25, -0.2) is 19.2 Å². The number of aryl methyl sites for hydroxylation is 1. The number of carbonyl (C=O) groups excluding carboxylic acids is 1. The molecule has 0 fully saturated rings. The van der Waals surface area contributed by atoms with Gasteiger partial charge in [-0.05, 0) is 13.0 Å². The Bertz CT molecular complexity index is 599. The third kappa shape index (κ3) is 2.20. The Labute approximate surface area is 103 Å². The number of rotatable bonds is 2. The Hall–Kier alpha value is -2.30. The zero-order valence-electron chi connectivity index (χ0n) is 9.98. The number of ether oxygens (including phenoxy) is 1. The lowest BCUT2D eigenvalue weighted by molar-refractivity contribution is 0.0588. The summed E-state index contributed by atoms with van der Waals surface area (Å²) in [5.74, 6) is -1.58. The lowest BCUT2D eigenvalue weighted by Gasteiger charge is -2.06. The molecule has 0 unspecified atom stereocenters. The second-order valence-electron chi connectivity index (χ2n) is 3.75. The Morgan fingerprint density at radius 2 is 2.11 bits per heavy atom. The summed E-state index contributed by atoms with van der Waals surface area (Å²) in [5.41, 5.74) is 1.31. The van der Waals surface area contributed by atoms with Gasteiger partial charge in [0.1, 0.15) is 12.0 Å². The minimum Gasteiger partial charge on any atom is -0.464 e.